The molecule has 5 rings (SSSR count). The number of nitrogens with zero attached hydrogens (tertiary/aromatic N) is 2. The molecule has 2 N–H and O–H groups in total. The molecule has 0 spiro atoms. The molecular weight excluding hydrogens is 309 g/mol. The Morgan fingerprint density at radius 1 is 1.24 bits per heavy atom. The Kier molecular flexibility index (Phi) is 3.21. The van der Waals surface area contributed by atoms with Gasteiger partial charge in [-0.25, -0.2) is 4.79 Å². The van der Waals surface area contributed by atoms with Gasteiger partial charge in [-0.3, -0.25) is 4.90 Å². The molecule has 3 aliphatic carbocycles. The molecule has 1 heterocycles. The van der Waals surface area contributed by atoms with Crippen molar-refractivity contribution in [3.8, 4) is 0 Å². The second kappa shape index (κ2) is 4.51. The van der Waals surface area contributed by atoms with E-state index in [9.17, 15) is 4.79 Å². The molecule has 2 bridgehead atoms. The van der Waals surface area contributed by atoms with E-state index >= 15 is 0 Å². The van der Waals surface area contributed by atoms with Crippen LogP contribution in [0.3, 0.4) is 0 Å². The van der Waals surface area contributed by atoms with Crippen molar-refractivity contribution in [2.75, 3.05) is 18.0 Å². The number of rotatable bonds is 2. The average Bonchev–Trinajstić information content (AvgIpc) is 2.66. The third kappa shape index (κ3) is 1.96. The fraction of sp³-hybridized carbons (Fsp3) is 0.533. The number of hydrogen-bond donors (Lipinski definition) is 1. The molecule has 2 amide bonds. The predicted molar refractivity (Wildman–Crippen MR) is 86.4 cm³/mol. The number of carbonyl (C=O) groups excluding carboxylic acids is 1. The highest BCUT2D eigenvalue weighted by Crippen LogP contribution is 2.62. The average molecular weight is 328 g/mol. The number of halogens is 2. The summed E-state index contributed by atoms with van der Waals surface area (Å²) in [6, 6.07) is 5.81. The third-order valence-electron chi connectivity index (χ3n) is 5.07. The second-order valence-corrected chi connectivity index (χ2v) is 7.07. The van der Waals surface area contributed by atoms with E-state index in [0.29, 0.717) is 5.02 Å². The Morgan fingerprint density at radius 3 is 2.48 bits per heavy atom. The number of benzene rings is 1. The Bertz CT molecular complexity index is 599. The minimum absolute atomic E-state index is 0. The monoisotopic (exact) mass is 327 g/mol. The van der Waals surface area contributed by atoms with Gasteiger partial charge >= 0.3 is 6.03 Å². The zero-order valence-electron chi connectivity index (χ0n) is 11.9. The maximum Gasteiger partial charge on any atom is 0.325 e. The van der Waals surface area contributed by atoms with Gasteiger partial charge in [0.25, 0.3) is 0 Å². The first-order valence-electron chi connectivity index (χ1n) is 7.07. The van der Waals surface area contributed by atoms with Crippen molar-refractivity contribution in [3.63, 3.8) is 0 Å². The summed E-state index contributed by atoms with van der Waals surface area (Å²) in [5.74, 6) is 0. The maximum atomic E-state index is 12.7. The van der Waals surface area contributed by atoms with Crippen molar-refractivity contribution in [2.24, 2.45) is 5.73 Å². The van der Waals surface area contributed by atoms with Crippen LogP contribution in [0, 0.1) is 6.92 Å². The van der Waals surface area contributed by atoms with Crippen molar-refractivity contribution in [3.05, 3.63) is 28.8 Å². The van der Waals surface area contributed by atoms with Gasteiger partial charge in [-0.15, -0.1) is 12.4 Å². The van der Waals surface area contributed by atoms with Crippen molar-refractivity contribution in [2.45, 2.75) is 37.3 Å². The molecule has 4 fully saturated rings. The molecule has 0 unspecified atom stereocenters. The van der Waals surface area contributed by atoms with Crippen LogP contribution < -0.4 is 10.6 Å². The van der Waals surface area contributed by atoms with Gasteiger partial charge in [0.15, 0.2) is 0 Å². The molecule has 21 heavy (non-hydrogen) atoms. The number of hydrogen-bond acceptors (Lipinski definition) is 2. The Hall–Kier alpha value is -0.970. The molecule has 114 valence electrons. The molecule has 3 saturated carbocycles. The first-order valence-corrected chi connectivity index (χ1v) is 7.45. The summed E-state index contributed by atoms with van der Waals surface area (Å²) >= 11 is 5.99. The highest BCUT2D eigenvalue weighted by Gasteiger charge is 2.70. The quantitative estimate of drug-likeness (QED) is 0.907. The molecule has 1 saturated heterocycles. The summed E-state index contributed by atoms with van der Waals surface area (Å²) in [5, 5.41) is 0.708. The lowest BCUT2D eigenvalue weighted by atomic mass is 9.44. The smallest absolute Gasteiger partial charge is 0.325 e. The van der Waals surface area contributed by atoms with E-state index in [4.69, 9.17) is 17.3 Å². The summed E-state index contributed by atoms with van der Waals surface area (Å²) in [6.45, 7) is 3.55. The number of nitrogens with two attached hydrogens (primary N) is 1. The Balaban J connectivity index is 0.00000132. The van der Waals surface area contributed by atoms with Gasteiger partial charge in [0.05, 0.1) is 0 Å². The topological polar surface area (TPSA) is 49.6 Å². The molecule has 1 aromatic rings. The third-order valence-corrected chi connectivity index (χ3v) is 5.31. The van der Waals surface area contributed by atoms with Gasteiger partial charge in [0.1, 0.15) is 0 Å². The van der Waals surface area contributed by atoms with Crippen LogP contribution in [0.15, 0.2) is 18.2 Å². The summed E-state index contributed by atoms with van der Waals surface area (Å²) < 4.78 is 0. The first-order chi connectivity index (χ1) is 9.42. The molecule has 1 aliphatic heterocycles. The van der Waals surface area contributed by atoms with Crippen molar-refractivity contribution < 1.29 is 4.79 Å². The summed E-state index contributed by atoms with van der Waals surface area (Å²) in [4.78, 5) is 16.6. The molecule has 0 atom stereocenters. The van der Waals surface area contributed by atoms with Crippen LogP contribution in [0.5, 0.6) is 0 Å². The maximum absolute atomic E-state index is 12.7. The van der Waals surface area contributed by atoms with E-state index in [2.05, 4.69) is 0 Å². The molecule has 4 nitrogen and oxygen atoms in total. The van der Waals surface area contributed by atoms with Crippen LogP contribution in [0.1, 0.15) is 24.8 Å². The van der Waals surface area contributed by atoms with Gasteiger partial charge in [-0.05, 0) is 49.9 Å². The fourth-order valence-corrected chi connectivity index (χ4v) is 4.45. The van der Waals surface area contributed by atoms with Crippen molar-refractivity contribution in [1.29, 1.82) is 0 Å². The number of urea groups is 1. The predicted octanol–water partition coefficient (Wildman–Crippen LogP) is 2.95. The van der Waals surface area contributed by atoms with E-state index < -0.39 is 0 Å². The zero-order valence-corrected chi connectivity index (χ0v) is 13.5. The molecule has 1 aromatic carbocycles. The molecule has 0 radical (unpaired) electrons. The van der Waals surface area contributed by atoms with E-state index in [-0.39, 0.29) is 29.5 Å². The standard InChI is InChI=1S/C15H18ClN3O.ClH/c1-10-6-11(16)2-3-12(10)18-4-5-19(13(18)20)15-7-14(17,8-15)9-15;/h2-3,6H,4-5,7-9,17H2,1H3;1H. The lowest BCUT2D eigenvalue weighted by Gasteiger charge is -2.71. The summed E-state index contributed by atoms with van der Waals surface area (Å²) in [7, 11) is 0. The summed E-state index contributed by atoms with van der Waals surface area (Å²) in [6.07, 6.45) is 2.91. The van der Waals surface area contributed by atoms with Gasteiger partial charge in [0.2, 0.25) is 0 Å². The van der Waals surface area contributed by atoms with E-state index in [0.717, 1.165) is 43.6 Å². The summed E-state index contributed by atoms with van der Waals surface area (Å²) in [5.41, 5.74) is 8.22. The SMILES string of the molecule is Cc1cc(Cl)ccc1N1CCN(C23CC(N)(C2)C3)C1=O.Cl. The highest BCUT2D eigenvalue weighted by molar-refractivity contribution is 6.30. The molecular formula is C15H19Cl2N3O. The van der Waals surface area contributed by atoms with Crippen LogP contribution in [-0.2, 0) is 0 Å². The van der Waals surface area contributed by atoms with Crippen LogP contribution in [0.2, 0.25) is 5.02 Å². The van der Waals surface area contributed by atoms with E-state index in [1.54, 1.807) is 0 Å². The normalized spacial score (nSPS) is 33.4. The van der Waals surface area contributed by atoms with Crippen LogP contribution in [0.25, 0.3) is 0 Å². The lowest BCUT2D eigenvalue weighted by Crippen LogP contribution is -2.82. The van der Waals surface area contributed by atoms with Crippen LogP contribution in [-0.4, -0.2) is 35.1 Å². The second-order valence-electron chi connectivity index (χ2n) is 6.63. The molecule has 4 aliphatic rings. The number of carbonyl (C=O) groups is 1. The van der Waals surface area contributed by atoms with Crippen LogP contribution in [0.4, 0.5) is 10.5 Å². The minimum Gasteiger partial charge on any atom is -0.325 e. The van der Waals surface area contributed by atoms with Crippen LogP contribution >= 0.6 is 24.0 Å². The minimum atomic E-state index is 0. The Labute approximate surface area is 135 Å². The number of anilines is 1. The molecule has 6 heteroatoms. The lowest BCUT2D eigenvalue weighted by molar-refractivity contribution is -0.134. The van der Waals surface area contributed by atoms with E-state index in [1.165, 1.54) is 0 Å². The Morgan fingerprint density at radius 2 is 1.90 bits per heavy atom. The van der Waals surface area contributed by atoms with Gasteiger partial charge in [-0.2, -0.15) is 0 Å². The highest BCUT2D eigenvalue weighted by atomic mass is 35.5. The fourth-order valence-electron chi connectivity index (χ4n) is 4.22. The number of amides is 2. The zero-order chi connectivity index (χ0) is 14.1. The van der Waals surface area contributed by atoms with Crippen molar-refractivity contribution >= 4 is 35.7 Å². The number of aryl methyl sites for hydroxylation is 1. The van der Waals surface area contributed by atoms with Crippen molar-refractivity contribution in [1.82, 2.24) is 4.90 Å². The molecule has 0 aromatic heterocycles. The largest absolute Gasteiger partial charge is 0.325 e. The van der Waals surface area contributed by atoms with E-state index in [1.807, 2.05) is 34.9 Å². The van der Waals surface area contributed by atoms with Gasteiger partial charge in [-0.1, -0.05) is 11.6 Å². The van der Waals surface area contributed by atoms with Gasteiger partial charge in [0, 0.05) is 34.9 Å². The first kappa shape index (κ1) is 14.9. The van der Waals surface area contributed by atoms with Gasteiger partial charge < -0.3 is 10.6 Å².